The summed E-state index contributed by atoms with van der Waals surface area (Å²) in [6.45, 7) is 2.26. The Morgan fingerprint density at radius 2 is 2.46 bits per heavy atom. The Labute approximate surface area is 85.0 Å². The third kappa shape index (κ3) is 1.04. The predicted octanol–water partition coefficient (Wildman–Crippen LogP) is 1.31. The average molecular weight is 199 g/mol. The van der Waals surface area contributed by atoms with Gasteiger partial charge >= 0.3 is 0 Å². The summed E-state index contributed by atoms with van der Waals surface area (Å²) >= 11 is 4.53. The van der Waals surface area contributed by atoms with Crippen molar-refractivity contribution in [1.82, 2.24) is 4.90 Å². The Hall–Kier alpha value is 0.270. The van der Waals surface area contributed by atoms with E-state index in [9.17, 15) is 0 Å². The zero-order chi connectivity index (χ0) is 8.89. The normalized spacial score (nSPS) is 49.6. The van der Waals surface area contributed by atoms with Crippen molar-refractivity contribution in [2.75, 3.05) is 18.9 Å². The molecule has 0 aliphatic carbocycles. The van der Waals surface area contributed by atoms with Crippen LogP contribution < -0.4 is 0 Å². The molecule has 3 atom stereocenters. The molecule has 2 nitrogen and oxygen atoms in total. The molecule has 0 spiro atoms. The van der Waals surface area contributed by atoms with Gasteiger partial charge in [0, 0.05) is 23.9 Å². The summed E-state index contributed by atoms with van der Waals surface area (Å²) in [6.07, 6.45) is 5.73. The minimum Gasteiger partial charge on any atom is -0.376 e. The molecule has 3 aliphatic heterocycles. The highest BCUT2D eigenvalue weighted by Crippen LogP contribution is 2.46. The Morgan fingerprint density at radius 3 is 3.31 bits per heavy atom. The van der Waals surface area contributed by atoms with Gasteiger partial charge in [0.25, 0.3) is 0 Å². The molecule has 0 aromatic heterocycles. The average Bonchev–Trinajstić information content (AvgIpc) is 2.72. The van der Waals surface area contributed by atoms with Crippen molar-refractivity contribution in [3.8, 4) is 0 Å². The summed E-state index contributed by atoms with van der Waals surface area (Å²) in [5, 5.41) is 0. The van der Waals surface area contributed by atoms with Gasteiger partial charge in [-0.3, -0.25) is 4.90 Å². The highest BCUT2D eigenvalue weighted by Gasteiger charge is 2.54. The Balaban J connectivity index is 1.89. The third-order valence-electron chi connectivity index (χ3n) is 4.10. The second-order valence-electron chi connectivity index (χ2n) is 4.65. The third-order valence-corrected chi connectivity index (χ3v) is 4.69. The van der Waals surface area contributed by atoms with Crippen molar-refractivity contribution in [3.63, 3.8) is 0 Å². The number of fused-ring (bicyclic) bond motifs is 3. The highest BCUT2D eigenvalue weighted by atomic mass is 32.1. The number of hydrogen-bond acceptors (Lipinski definition) is 3. The van der Waals surface area contributed by atoms with E-state index in [-0.39, 0.29) is 0 Å². The first-order valence-electron chi connectivity index (χ1n) is 5.35. The second kappa shape index (κ2) is 2.88. The molecule has 0 aromatic carbocycles. The van der Waals surface area contributed by atoms with Crippen LogP contribution >= 0.6 is 12.6 Å². The molecule has 3 heterocycles. The summed E-state index contributed by atoms with van der Waals surface area (Å²) in [5.74, 6) is 1.02. The fraction of sp³-hybridized carbons (Fsp3) is 1.00. The van der Waals surface area contributed by atoms with Crippen LogP contribution in [0.3, 0.4) is 0 Å². The lowest BCUT2D eigenvalue weighted by Crippen LogP contribution is -2.43. The summed E-state index contributed by atoms with van der Waals surface area (Å²) in [5.41, 5.74) is 0.416. The van der Waals surface area contributed by atoms with E-state index in [2.05, 4.69) is 17.5 Å². The molecule has 3 heteroatoms. The summed E-state index contributed by atoms with van der Waals surface area (Å²) in [4.78, 5) is 2.69. The lowest BCUT2D eigenvalue weighted by molar-refractivity contribution is 0.103. The maximum absolute atomic E-state index is 5.76. The van der Waals surface area contributed by atoms with Gasteiger partial charge < -0.3 is 4.74 Å². The number of rotatable bonds is 1. The maximum atomic E-state index is 5.76. The molecule has 13 heavy (non-hydrogen) atoms. The Kier molecular flexibility index (Phi) is 1.90. The summed E-state index contributed by atoms with van der Waals surface area (Å²) in [7, 11) is 0. The van der Waals surface area contributed by atoms with Crippen molar-refractivity contribution in [3.05, 3.63) is 0 Å². The standard InChI is InChI=1S/C10H17NOS/c13-7-10-3-1-4-11(10)8-2-5-12-9(8)6-10/h8-9,13H,1-7H2. The van der Waals surface area contributed by atoms with Gasteiger partial charge in [0.1, 0.15) is 0 Å². The van der Waals surface area contributed by atoms with Crippen molar-refractivity contribution in [1.29, 1.82) is 0 Å². The van der Waals surface area contributed by atoms with E-state index in [4.69, 9.17) is 4.74 Å². The van der Waals surface area contributed by atoms with Crippen LogP contribution in [0.2, 0.25) is 0 Å². The van der Waals surface area contributed by atoms with E-state index in [0.29, 0.717) is 11.6 Å². The molecule has 0 amide bonds. The van der Waals surface area contributed by atoms with Gasteiger partial charge in [-0.2, -0.15) is 12.6 Å². The number of nitrogens with zero attached hydrogens (tertiary/aromatic N) is 1. The van der Waals surface area contributed by atoms with Crippen molar-refractivity contribution >= 4 is 12.6 Å². The van der Waals surface area contributed by atoms with Gasteiger partial charge in [0.05, 0.1) is 6.10 Å². The topological polar surface area (TPSA) is 12.5 Å². The fourth-order valence-corrected chi connectivity index (χ4v) is 3.96. The lowest BCUT2D eigenvalue weighted by Gasteiger charge is -2.32. The van der Waals surface area contributed by atoms with E-state index in [0.717, 1.165) is 18.4 Å². The van der Waals surface area contributed by atoms with Gasteiger partial charge in [0.15, 0.2) is 0 Å². The molecule has 74 valence electrons. The van der Waals surface area contributed by atoms with E-state index in [1.807, 2.05) is 0 Å². The fourth-order valence-electron chi connectivity index (χ4n) is 3.49. The highest BCUT2D eigenvalue weighted by molar-refractivity contribution is 7.80. The zero-order valence-electron chi connectivity index (χ0n) is 7.91. The van der Waals surface area contributed by atoms with E-state index < -0.39 is 0 Å². The van der Waals surface area contributed by atoms with Crippen LogP contribution in [0.15, 0.2) is 0 Å². The molecule has 3 rings (SSSR count). The van der Waals surface area contributed by atoms with Crippen LogP contribution in [0.4, 0.5) is 0 Å². The van der Waals surface area contributed by atoms with Crippen LogP contribution in [0, 0.1) is 0 Å². The minimum absolute atomic E-state index is 0.416. The molecule has 3 fully saturated rings. The van der Waals surface area contributed by atoms with Gasteiger partial charge in [-0.25, -0.2) is 0 Å². The number of ether oxygens (including phenoxy) is 1. The summed E-state index contributed by atoms with van der Waals surface area (Å²) in [6, 6.07) is 0.731. The molecule has 3 saturated heterocycles. The van der Waals surface area contributed by atoms with Gasteiger partial charge in [-0.05, 0) is 32.2 Å². The first-order chi connectivity index (χ1) is 6.36. The van der Waals surface area contributed by atoms with Crippen molar-refractivity contribution in [2.24, 2.45) is 0 Å². The molecule has 0 radical (unpaired) electrons. The molecule has 0 N–H and O–H groups in total. The van der Waals surface area contributed by atoms with Crippen molar-refractivity contribution < 1.29 is 4.74 Å². The molecule has 0 bridgehead atoms. The Bertz CT molecular complexity index is 223. The molecular formula is C10H17NOS. The lowest BCUT2D eigenvalue weighted by atomic mass is 9.95. The first kappa shape index (κ1) is 8.57. The molecular weight excluding hydrogens is 182 g/mol. The molecule has 3 unspecified atom stereocenters. The van der Waals surface area contributed by atoms with E-state index in [1.165, 1.54) is 32.2 Å². The predicted molar refractivity (Wildman–Crippen MR) is 55.3 cm³/mol. The SMILES string of the molecule is SCC12CCCN1C1CCOC1C2. The second-order valence-corrected chi connectivity index (χ2v) is 4.97. The zero-order valence-corrected chi connectivity index (χ0v) is 8.80. The van der Waals surface area contributed by atoms with Crippen LogP contribution in [0.25, 0.3) is 0 Å². The van der Waals surface area contributed by atoms with Gasteiger partial charge in [-0.15, -0.1) is 0 Å². The number of thiol groups is 1. The minimum atomic E-state index is 0.416. The molecule has 0 aromatic rings. The van der Waals surface area contributed by atoms with E-state index in [1.54, 1.807) is 0 Å². The molecule has 0 saturated carbocycles. The van der Waals surface area contributed by atoms with Gasteiger partial charge in [-0.1, -0.05) is 0 Å². The Morgan fingerprint density at radius 1 is 1.54 bits per heavy atom. The van der Waals surface area contributed by atoms with Crippen LogP contribution in [-0.4, -0.2) is 41.5 Å². The molecule has 3 aliphatic rings. The maximum Gasteiger partial charge on any atom is 0.0749 e. The van der Waals surface area contributed by atoms with Crippen LogP contribution in [0.1, 0.15) is 25.7 Å². The first-order valence-corrected chi connectivity index (χ1v) is 5.98. The number of hydrogen-bond donors (Lipinski definition) is 1. The van der Waals surface area contributed by atoms with Gasteiger partial charge in [0.2, 0.25) is 0 Å². The largest absolute Gasteiger partial charge is 0.376 e. The van der Waals surface area contributed by atoms with Crippen LogP contribution in [0.5, 0.6) is 0 Å². The van der Waals surface area contributed by atoms with Crippen molar-refractivity contribution in [2.45, 2.75) is 43.4 Å². The van der Waals surface area contributed by atoms with E-state index >= 15 is 0 Å². The van der Waals surface area contributed by atoms with Crippen LogP contribution in [-0.2, 0) is 4.74 Å². The smallest absolute Gasteiger partial charge is 0.0749 e. The summed E-state index contributed by atoms with van der Waals surface area (Å²) < 4.78 is 5.76. The monoisotopic (exact) mass is 199 g/mol. The quantitative estimate of drug-likeness (QED) is 0.639.